The maximum absolute atomic E-state index is 13.1. The summed E-state index contributed by atoms with van der Waals surface area (Å²) in [6.45, 7) is 7.29. The lowest BCUT2D eigenvalue weighted by Gasteiger charge is -2.13. The van der Waals surface area contributed by atoms with Gasteiger partial charge in [-0.1, -0.05) is 54.8 Å². The van der Waals surface area contributed by atoms with Crippen LogP contribution in [0.2, 0.25) is 0 Å². The number of rotatable bonds is 10. The first-order valence-electron chi connectivity index (χ1n) is 11.3. The summed E-state index contributed by atoms with van der Waals surface area (Å²) in [5.41, 5.74) is 4.54. The van der Waals surface area contributed by atoms with Gasteiger partial charge in [-0.15, -0.1) is 0 Å². The second-order valence-electron chi connectivity index (χ2n) is 7.97. The minimum absolute atomic E-state index is 0.0839. The van der Waals surface area contributed by atoms with Gasteiger partial charge in [0, 0.05) is 37.6 Å². The van der Waals surface area contributed by atoms with Crippen LogP contribution in [0, 0.1) is 6.92 Å². The van der Waals surface area contributed by atoms with Crippen LogP contribution in [0.3, 0.4) is 0 Å². The third kappa shape index (κ3) is 5.73. The molecular weight excluding hydrogens is 478 g/mol. The van der Waals surface area contributed by atoms with E-state index in [0.29, 0.717) is 29.0 Å². The summed E-state index contributed by atoms with van der Waals surface area (Å²) in [6, 6.07) is 15.8. The van der Waals surface area contributed by atoms with Crippen LogP contribution in [0.1, 0.15) is 17.5 Å². The Bertz CT molecular complexity index is 1270. The summed E-state index contributed by atoms with van der Waals surface area (Å²) in [5, 5.41) is 4.90. The van der Waals surface area contributed by atoms with E-state index < -0.39 is 0 Å². The summed E-state index contributed by atoms with van der Waals surface area (Å²) in [4.78, 5) is 15.3. The van der Waals surface area contributed by atoms with E-state index in [1.165, 1.54) is 11.8 Å². The monoisotopic (exact) mass is 505 g/mol. The van der Waals surface area contributed by atoms with Crippen molar-refractivity contribution in [3.8, 4) is 22.7 Å². The molecule has 1 aromatic heterocycles. The molecule has 0 aliphatic carbocycles. The fraction of sp³-hybridized carbons (Fsp3) is 0.222. The molecule has 0 radical (unpaired) electrons. The van der Waals surface area contributed by atoms with Crippen molar-refractivity contribution in [3.63, 3.8) is 0 Å². The number of thiocarbonyl (C=S) groups is 1. The average Bonchev–Trinajstić information content (AvgIpc) is 3.39. The number of thioether (sulfide) groups is 1. The number of para-hydroxylation sites is 1. The van der Waals surface area contributed by atoms with Crippen molar-refractivity contribution in [1.82, 2.24) is 14.7 Å². The zero-order valence-corrected chi connectivity index (χ0v) is 21.4. The molecule has 1 aliphatic heterocycles. The number of hydrogen-bond donors (Lipinski definition) is 0. The molecule has 35 heavy (non-hydrogen) atoms. The van der Waals surface area contributed by atoms with Gasteiger partial charge in [0.2, 0.25) is 0 Å². The second kappa shape index (κ2) is 11.5. The summed E-state index contributed by atoms with van der Waals surface area (Å²) in [7, 11) is 1.65. The topological polar surface area (TPSA) is 56.6 Å². The number of carbonyl (C=O) groups excluding carboxylic acids is 1. The van der Waals surface area contributed by atoms with Crippen LogP contribution in [-0.2, 0) is 9.53 Å². The highest BCUT2D eigenvalue weighted by atomic mass is 32.2. The number of benzene rings is 2. The van der Waals surface area contributed by atoms with Gasteiger partial charge in [-0.2, -0.15) is 5.10 Å². The van der Waals surface area contributed by atoms with Gasteiger partial charge >= 0.3 is 0 Å². The van der Waals surface area contributed by atoms with Gasteiger partial charge in [0.05, 0.1) is 10.6 Å². The highest BCUT2D eigenvalue weighted by Crippen LogP contribution is 2.36. The van der Waals surface area contributed by atoms with Gasteiger partial charge in [0.15, 0.2) is 0 Å². The van der Waals surface area contributed by atoms with Crippen LogP contribution in [-0.4, -0.2) is 51.8 Å². The van der Waals surface area contributed by atoms with E-state index >= 15 is 0 Å². The Hall–Kier alpha value is -3.20. The number of carbonyl (C=O) groups is 1. The highest BCUT2D eigenvalue weighted by molar-refractivity contribution is 8.26. The molecule has 0 bridgehead atoms. The molecule has 1 saturated heterocycles. The van der Waals surface area contributed by atoms with Crippen molar-refractivity contribution in [2.75, 3.05) is 26.9 Å². The van der Waals surface area contributed by atoms with Crippen LogP contribution in [0.25, 0.3) is 23.0 Å². The van der Waals surface area contributed by atoms with E-state index in [4.69, 9.17) is 26.8 Å². The molecule has 0 atom stereocenters. The molecule has 2 heterocycles. The Balaban J connectivity index is 1.73. The molecule has 0 unspecified atom stereocenters. The molecule has 3 aromatic rings. The quantitative estimate of drug-likeness (QED) is 0.154. The SMILES string of the molecule is C=CCOc1ccc(-c2nn(-c3ccccc3)cc2/C=C2/SC(=S)N(CCCOC)C2=O)c(C)c1. The Morgan fingerprint density at radius 1 is 1.20 bits per heavy atom. The number of aryl methyl sites for hydroxylation is 1. The lowest BCUT2D eigenvalue weighted by molar-refractivity contribution is -0.122. The predicted octanol–water partition coefficient (Wildman–Crippen LogP) is 5.65. The molecule has 1 amide bonds. The third-order valence-corrected chi connectivity index (χ3v) is 6.85. The maximum atomic E-state index is 13.1. The fourth-order valence-electron chi connectivity index (χ4n) is 3.76. The second-order valence-corrected chi connectivity index (χ2v) is 9.65. The van der Waals surface area contributed by atoms with Crippen LogP contribution in [0.5, 0.6) is 5.75 Å². The summed E-state index contributed by atoms with van der Waals surface area (Å²) in [6.07, 6.45) is 6.28. The average molecular weight is 506 g/mol. The molecule has 6 nitrogen and oxygen atoms in total. The van der Waals surface area contributed by atoms with Gasteiger partial charge in [-0.25, -0.2) is 4.68 Å². The van der Waals surface area contributed by atoms with Gasteiger partial charge in [0.25, 0.3) is 5.91 Å². The first-order chi connectivity index (χ1) is 17.0. The van der Waals surface area contributed by atoms with Crippen molar-refractivity contribution < 1.29 is 14.3 Å². The van der Waals surface area contributed by atoms with Crippen molar-refractivity contribution in [1.29, 1.82) is 0 Å². The Morgan fingerprint density at radius 2 is 2.00 bits per heavy atom. The fourth-order valence-corrected chi connectivity index (χ4v) is 5.06. The van der Waals surface area contributed by atoms with E-state index in [2.05, 4.69) is 6.58 Å². The van der Waals surface area contributed by atoms with E-state index in [1.807, 2.05) is 72.4 Å². The molecule has 0 spiro atoms. The van der Waals surface area contributed by atoms with Gasteiger partial charge < -0.3 is 9.47 Å². The Kier molecular flexibility index (Phi) is 8.17. The minimum atomic E-state index is -0.0839. The number of methoxy groups -OCH3 is 1. The standard InChI is InChI=1S/C27H27N3O3S2/c1-4-14-33-22-11-12-23(19(2)16-22)25-20(18-30(28-25)21-9-6-5-7-10-21)17-24-26(31)29(27(34)35-24)13-8-15-32-3/h4-7,9-12,16-18H,1,8,13-15H2,2-3H3/b24-17+. The van der Waals surface area contributed by atoms with Crippen LogP contribution >= 0.6 is 24.0 Å². The van der Waals surface area contributed by atoms with Gasteiger partial charge in [-0.3, -0.25) is 9.69 Å². The van der Waals surface area contributed by atoms with E-state index in [-0.39, 0.29) is 5.91 Å². The van der Waals surface area contributed by atoms with Crippen molar-refractivity contribution in [2.45, 2.75) is 13.3 Å². The lowest BCUT2D eigenvalue weighted by atomic mass is 10.0. The Labute approximate surface area is 215 Å². The van der Waals surface area contributed by atoms with Crippen molar-refractivity contribution in [3.05, 3.63) is 83.4 Å². The number of amides is 1. The smallest absolute Gasteiger partial charge is 0.266 e. The van der Waals surface area contributed by atoms with Gasteiger partial charge in [0.1, 0.15) is 22.4 Å². The normalized spacial score (nSPS) is 14.7. The van der Waals surface area contributed by atoms with Crippen LogP contribution in [0.4, 0.5) is 0 Å². The predicted molar refractivity (Wildman–Crippen MR) is 146 cm³/mol. The lowest BCUT2D eigenvalue weighted by Crippen LogP contribution is -2.29. The largest absolute Gasteiger partial charge is 0.490 e. The Morgan fingerprint density at radius 3 is 2.71 bits per heavy atom. The number of hydrogen-bond acceptors (Lipinski definition) is 6. The molecule has 0 saturated carbocycles. The summed E-state index contributed by atoms with van der Waals surface area (Å²) < 4.78 is 13.2. The molecule has 2 aromatic carbocycles. The molecule has 1 fully saturated rings. The molecule has 8 heteroatoms. The molecule has 1 aliphatic rings. The van der Waals surface area contributed by atoms with Crippen molar-refractivity contribution >= 4 is 40.3 Å². The zero-order valence-electron chi connectivity index (χ0n) is 19.8. The van der Waals surface area contributed by atoms with Gasteiger partial charge in [-0.05, 0) is 55.3 Å². The first-order valence-corrected chi connectivity index (χ1v) is 12.5. The van der Waals surface area contributed by atoms with Crippen molar-refractivity contribution in [2.24, 2.45) is 0 Å². The molecule has 4 rings (SSSR count). The van der Waals surface area contributed by atoms with Crippen LogP contribution in [0.15, 0.2) is 72.3 Å². The highest BCUT2D eigenvalue weighted by Gasteiger charge is 2.32. The van der Waals surface area contributed by atoms with E-state index in [9.17, 15) is 4.79 Å². The third-order valence-electron chi connectivity index (χ3n) is 5.47. The summed E-state index contributed by atoms with van der Waals surface area (Å²) >= 11 is 6.80. The minimum Gasteiger partial charge on any atom is -0.490 e. The first kappa shape index (κ1) is 24.9. The van der Waals surface area contributed by atoms with E-state index in [1.54, 1.807) is 18.1 Å². The number of aromatic nitrogens is 2. The van der Waals surface area contributed by atoms with Crippen LogP contribution < -0.4 is 4.74 Å². The molecular formula is C27H27N3O3S2. The molecule has 180 valence electrons. The molecule has 0 N–H and O–H groups in total. The number of ether oxygens (including phenoxy) is 2. The number of nitrogens with zero attached hydrogens (tertiary/aromatic N) is 3. The van der Waals surface area contributed by atoms with E-state index in [0.717, 1.165) is 40.2 Å². The maximum Gasteiger partial charge on any atom is 0.266 e. The summed E-state index contributed by atoms with van der Waals surface area (Å²) in [5.74, 6) is 0.687. The zero-order chi connectivity index (χ0) is 24.8.